The molecule has 0 spiro atoms. The van der Waals surface area contributed by atoms with Crippen molar-refractivity contribution < 1.29 is 17.9 Å². The first-order chi connectivity index (χ1) is 12.8. The number of hydrogen-bond donors (Lipinski definition) is 2. The molecule has 0 fully saturated rings. The zero-order chi connectivity index (χ0) is 19.6. The number of nitrogens with zero attached hydrogens (tertiary/aromatic N) is 1. The molecule has 0 aliphatic carbocycles. The molecule has 3 aromatic rings. The molecule has 2 aromatic carbocycles. The molecule has 0 unspecified atom stereocenters. The predicted molar refractivity (Wildman–Crippen MR) is 104 cm³/mol. The molecule has 1 heterocycles. The zero-order valence-electron chi connectivity index (χ0n) is 13.9. The number of methoxy groups -OCH3 is 1. The van der Waals surface area contributed by atoms with E-state index in [1.165, 1.54) is 55.8 Å². The molecule has 0 saturated heterocycles. The van der Waals surface area contributed by atoms with E-state index >= 15 is 0 Å². The third-order valence-corrected chi connectivity index (χ3v) is 6.23. The Morgan fingerprint density at radius 1 is 1.19 bits per heavy atom. The number of hydrogen-bond acceptors (Lipinski definition) is 5. The van der Waals surface area contributed by atoms with Crippen LogP contribution in [0.2, 0.25) is 5.02 Å². The normalized spacial score (nSPS) is 11.2. The van der Waals surface area contributed by atoms with Gasteiger partial charge in [-0.3, -0.25) is 9.89 Å². The number of H-pyrrole nitrogens is 1. The van der Waals surface area contributed by atoms with Crippen LogP contribution in [0.25, 0.3) is 0 Å². The number of anilines is 1. The summed E-state index contributed by atoms with van der Waals surface area (Å²) in [6, 6.07) is 10.1. The number of ether oxygens (including phenoxy) is 1. The average Bonchev–Trinajstić information content (AvgIpc) is 3.08. The van der Waals surface area contributed by atoms with Crippen molar-refractivity contribution in [3.8, 4) is 5.75 Å². The Kier molecular flexibility index (Phi) is 5.54. The van der Waals surface area contributed by atoms with Gasteiger partial charge in [-0.2, -0.15) is 5.10 Å². The van der Waals surface area contributed by atoms with Crippen molar-refractivity contribution in [3.05, 3.63) is 63.9 Å². The van der Waals surface area contributed by atoms with Gasteiger partial charge in [0.15, 0.2) is 0 Å². The molecular formula is C17H13BrClN3O4S. The van der Waals surface area contributed by atoms with Gasteiger partial charge in [0.05, 0.1) is 27.6 Å². The van der Waals surface area contributed by atoms with Gasteiger partial charge in [-0.15, -0.1) is 0 Å². The number of nitrogens with one attached hydrogen (secondary N) is 2. The van der Waals surface area contributed by atoms with Crippen LogP contribution in [0.1, 0.15) is 10.5 Å². The molecule has 0 aliphatic heterocycles. The van der Waals surface area contributed by atoms with Crippen LogP contribution in [0, 0.1) is 0 Å². The monoisotopic (exact) mass is 469 g/mol. The summed E-state index contributed by atoms with van der Waals surface area (Å²) in [5, 5.41) is 9.37. The van der Waals surface area contributed by atoms with Gasteiger partial charge in [-0.05, 0) is 52.3 Å². The highest BCUT2D eigenvalue weighted by Crippen LogP contribution is 2.29. The predicted octanol–water partition coefficient (Wildman–Crippen LogP) is 3.92. The number of rotatable bonds is 5. The highest BCUT2D eigenvalue weighted by molar-refractivity contribution is 9.10. The zero-order valence-corrected chi connectivity index (χ0v) is 17.0. The standard InChI is InChI=1S/C17H13BrClN3O4S/c1-26-12-6-11(21-17(23)16-15(18)9-20-22-16)7-14(8-12)27(24,25)13-4-2-10(19)3-5-13/h2-9H,1H3,(H,20,22)(H,21,23). The Morgan fingerprint density at radius 3 is 2.48 bits per heavy atom. The molecule has 2 N–H and O–H groups in total. The second-order valence-electron chi connectivity index (χ2n) is 5.40. The maximum Gasteiger partial charge on any atom is 0.274 e. The van der Waals surface area contributed by atoms with Crippen LogP contribution in [-0.4, -0.2) is 31.6 Å². The number of amides is 1. The summed E-state index contributed by atoms with van der Waals surface area (Å²) in [7, 11) is -2.42. The lowest BCUT2D eigenvalue weighted by Crippen LogP contribution is -2.14. The molecule has 1 amide bonds. The molecular weight excluding hydrogens is 458 g/mol. The largest absolute Gasteiger partial charge is 0.497 e. The van der Waals surface area contributed by atoms with Crippen molar-refractivity contribution in [1.82, 2.24) is 10.2 Å². The highest BCUT2D eigenvalue weighted by atomic mass is 79.9. The van der Waals surface area contributed by atoms with E-state index in [1.54, 1.807) is 0 Å². The van der Waals surface area contributed by atoms with Crippen LogP contribution >= 0.6 is 27.5 Å². The number of halogens is 2. The second-order valence-corrected chi connectivity index (χ2v) is 8.64. The van der Waals surface area contributed by atoms with Gasteiger partial charge >= 0.3 is 0 Å². The molecule has 0 aliphatic rings. The van der Waals surface area contributed by atoms with Gasteiger partial charge in [-0.1, -0.05) is 11.6 Å². The van der Waals surface area contributed by atoms with Crippen LogP contribution < -0.4 is 10.1 Å². The quantitative estimate of drug-likeness (QED) is 0.588. The first-order valence-corrected chi connectivity index (χ1v) is 10.2. The summed E-state index contributed by atoms with van der Waals surface area (Å²) in [5.74, 6) is -0.202. The molecule has 140 valence electrons. The molecule has 0 saturated carbocycles. The first-order valence-electron chi connectivity index (χ1n) is 7.51. The number of aromatic amines is 1. The average molecular weight is 471 g/mol. The third kappa shape index (κ3) is 4.15. The van der Waals surface area contributed by atoms with Crippen LogP contribution in [0.4, 0.5) is 5.69 Å². The molecule has 7 nitrogen and oxygen atoms in total. The van der Waals surface area contributed by atoms with Crippen LogP contribution in [-0.2, 0) is 9.84 Å². The molecule has 3 rings (SSSR count). The number of sulfone groups is 1. The Labute approximate surface area is 168 Å². The van der Waals surface area contributed by atoms with E-state index in [0.29, 0.717) is 9.50 Å². The van der Waals surface area contributed by atoms with E-state index in [1.807, 2.05) is 0 Å². The Hall–Kier alpha value is -2.36. The Bertz CT molecular complexity index is 1100. The van der Waals surface area contributed by atoms with Crippen molar-refractivity contribution in [2.75, 3.05) is 12.4 Å². The van der Waals surface area contributed by atoms with E-state index in [9.17, 15) is 13.2 Å². The van der Waals surface area contributed by atoms with E-state index < -0.39 is 15.7 Å². The Balaban J connectivity index is 1.99. The lowest BCUT2D eigenvalue weighted by molar-refractivity contribution is 0.102. The van der Waals surface area contributed by atoms with Crippen LogP contribution in [0.3, 0.4) is 0 Å². The van der Waals surface area contributed by atoms with Crippen molar-refractivity contribution in [2.45, 2.75) is 9.79 Å². The van der Waals surface area contributed by atoms with Gasteiger partial charge < -0.3 is 10.1 Å². The number of carbonyl (C=O) groups excluding carboxylic acids is 1. The number of aromatic nitrogens is 2. The Morgan fingerprint density at radius 2 is 1.89 bits per heavy atom. The number of benzene rings is 2. The lowest BCUT2D eigenvalue weighted by atomic mass is 10.3. The van der Waals surface area contributed by atoms with Gasteiger partial charge in [0, 0.05) is 16.8 Å². The minimum Gasteiger partial charge on any atom is -0.497 e. The smallest absolute Gasteiger partial charge is 0.274 e. The molecule has 0 radical (unpaired) electrons. The van der Waals surface area contributed by atoms with Gasteiger partial charge in [0.25, 0.3) is 5.91 Å². The maximum atomic E-state index is 12.9. The summed E-state index contributed by atoms with van der Waals surface area (Å²) in [5.41, 5.74) is 0.466. The summed E-state index contributed by atoms with van der Waals surface area (Å²) in [6.07, 6.45) is 1.44. The molecule has 0 atom stereocenters. The fourth-order valence-electron chi connectivity index (χ4n) is 2.29. The minimum absolute atomic E-state index is 0.0249. The topological polar surface area (TPSA) is 101 Å². The fourth-order valence-corrected chi connectivity index (χ4v) is 4.11. The summed E-state index contributed by atoms with van der Waals surface area (Å²) in [6.45, 7) is 0. The van der Waals surface area contributed by atoms with E-state index in [0.717, 1.165) is 0 Å². The summed E-state index contributed by atoms with van der Waals surface area (Å²) in [4.78, 5) is 12.4. The summed E-state index contributed by atoms with van der Waals surface area (Å²) >= 11 is 9.03. The summed E-state index contributed by atoms with van der Waals surface area (Å²) < 4.78 is 31.5. The van der Waals surface area contributed by atoms with Crippen LogP contribution in [0.15, 0.2) is 62.9 Å². The second kappa shape index (κ2) is 7.71. The third-order valence-electron chi connectivity index (χ3n) is 3.63. The molecule has 0 bridgehead atoms. The molecule has 27 heavy (non-hydrogen) atoms. The minimum atomic E-state index is -3.83. The van der Waals surface area contributed by atoms with Gasteiger partial charge in [-0.25, -0.2) is 8.42 Å². The molecule has 1 aromatic heterocycles. The SMILES string of the molecule is COc1cc(NC(=O)c2[nH]ncc2Br)cc(S(=O)(=O)c2ccc(Cl)cc2)c1. The van der Waals surface area contributed by atoms with E-state index in [2.05, 4.69) is 31.4 Å². The van der Waals surface area contributed by atoms with Crippen molar-refractivity contribution in [1.29, 1.82) is 0 Å². The van der Waals surface area contributed by atoms with E-state index in [4.69, 9.17) is 16.3 Å². The fraction of sp³-hybridized carbons (Fsp3) is 0.0588. The van der Waals surface area contributed by atoms with Gasteiger partial charge in [0.1, 0.15) is 11.4 Å². The van der Waals surface area contributed by atoms with Crippen molar-refractivity contribution in [3.63, 3.8) is 0 Å². The first kappa shape index (κ1) is 19.4. The van der Waals surface area contributed by atoms with Crippen molar-refractivity contribution >= 4 is 49.0 Å². The van der Waals surface area contributed by atoms with Crippen molar-refractivity contribution in [2.24, 2.45) is 0 Å². The highest BCUT2D eigenvalue weighted by Gasteiger charge is 2.21. The van der Waals surface area contributed by atoms with Gasteiger partial charge in [0.2, 0.25) is 9.84 Å². The lowest BCUT2D eigenvalue weighted by Gasteiger charge is -2.11. The molecule has 10 heteroatoms. The van der Waals surface area contributed by atoms with Crippen LogP contribution in [0.5, 0.6) is 5.75 Å². The maximum absolute atomic E-state index is 12.9. The van der Waals surface area contributed by atoms with E-state index in [-0.39, 0.29) is 26.9 Å². The number of carbonyl (C=O) groups is 1.